The van der Waals surface area contributed by atoms with Crippen LogP contribution in [0.25, 0.3) is 0 Å². The van der Waals surface area contributed by atoms with Crippen molar-refractivity contribution in [1.29, 1.82) is 0 Å². The Hall–Kier alpha value is -1.28. The van der Waals surface area contributed by atoms with E-state index in [1.807, 2.05) is 60.7 Å². The topological polar surface area (TPSA) is 57.2 Å². The third-order valence-corrected chi connectivity index (χ3v) is 5.21. The molecule has 2 aromatic rings. The zero-order valence-corrected chi connectivity index (χ0v) is 16.8. The van der Waals surface area contributed by atoms with E-state index in [2.05, 4.69) is 15.9 Å². The summed E-state index contributed by atoms with van der Waals surface area (Å²) in [6, 6.07) is 19.8. The third-order valence-electron chi connectivity index (χ3n) is 4.57. The molecule has 1 saturated heterocycles. The summed E-state index contributed by atoms with van der Waals surface area (Å²) in [4.78, 5) is 0. The molecular formula is C21H25BrO5. The van der Waals surface area contributed by atoms with E-state index in [9.17, 15) is 5.11 Å². The number of aliphatic hydroxyl groups excluding tert-OH is 1. The Balaban J connectivity index is 1.73. The Morgan fingerprint density at radius 2 is 1.41 bits per heavy atom. The van der Waals surface area contributed by atoms with Crippen molar-refractivity contribution in [3.63, 3.8) is 0 Å². The third kappa shape index (κ3) is 5.38. The van der Waals surface area contributed by atoms with Crippen LogP contribution in [-0.4, -0.2) is 48.3 Å². The highest BCUT2D eigenvalue weighted by Gasteiger charge is 2.46. The molecule has 5 nitrogen and oxygen atoms in total. The number of hydrogen-bond donors (Lipinski definition) is 1. The van der Waals surface area contributed by atoms with Crippen molar-refractivity contribution in [3.05, 3.63) is 71.8 Å². The molecular weight excluding hydrogens is 412 g/mol. The molecule has 5 atom stereocenters. The first kappa shape index (κ1) is 20.5. The fourth-order valence-corrected chi connectivity index (χ4v) is 3.66. The average molecular weight is 437 g/mol. The Morgan fingerprint density at radius 3 is 1.89 bits per heavy atom. The monoisotopic (exact) mass is 436 g/mol. The minimum Gasteiger partial charge on any atom is -0.385 e. The number of ether oxygens (including phenoxy) is 4. The summed E-state index contributed by atoms with van der Waals surface area (Å²) >= 11 is 3.48. The highest BCUT2D eigenvalue weighted by atomic mass is 79.9. The zero-order chi connectivity index (χ0) is 19.1. The van der Waals surface area contributed by atoms with Crippen molar-refractivity contribution in [1.82, 2.24) is 0 Å². The maximum absolute atomic E-state index is 10.7. The normalized spacial score (nSPS) is 28.2. The van der Waals surface area contributed by atoms with E-state index in [4.69, 9.17) is 18.9 Å². The lowest BCUT2D eigenvalue weighted by atomic mass is 9.99. The Labute approximate surface area is 168 Å². The van der Waals surface area contributed by atoms with E-state index in [-0.39, 0.29) is 6.10 Å². The highest BCUT2D eigenvalue weighted by molar-refractivity contribution is 9.09. The molecule has 1 N–H and O–H groups in total. The number of benzene rings is 2. The van der Waals surface area contributed by atoms with Crippen LogP contribution in [0.5, 0.6) is 0 Å². The minimum absolute atomic E-state index is 0.303. The van der Waals surface area contributed by atoms with Gasteiger partial charge in [-0.1, -0.05) is 76.6 Å². The van der Waals surface area contributed by atoms with Gasteiger partial charge in [0.05, 0.1) is 19.3 Å². The summed E-state index contributed by atoms with van der Waals surface area (Å²) in [5.74, 6) is 0. The van der Waals surface area contributed by atoms with Crippen LogP contribution < -0.4 is 0 Å². The standard InChI is InChI=1S/C21H25BrO5/c1-24-21-18(23)20(26-14-16-10-6-3-7-11-16)19(17(12-22)27-21)25-13-15-8-4-2-5-9-15/h2-11,17-21,23H,12-14H2,1H3/t17-,18-,19-,20-,21+/m1/s1. The average Bonchev–Trinajstić information content (AvgIpc) is 2.73. The number of halogens is 1. The van der Waals surface area contributed by atoms with Gasteiger partial charge in [0.2, 0.25) is 0 Å². The second-order valence-corrected chi connectivity index (χ2v) is 7.09. The maximum Gasteiger partial charge on any atom is 0.186 e. The lowest BCUT2D eigenvalue weighted by molar-refractivity contribution is -0.302. The van der Waals surface area contributed by atoms with E-state index in [0.29, 0.717) is 18.5 Å². The minimum atomic E-state index is -0.949. The van der Waals surface area contributed by atoms with E-state index >= 15 is 0 Å². The molecule has 6 heteroatoms. The highest BCUT2D eigenvalue weighted by Crippen LogP contribution is 2.29. The molecule has 3 rings (SSSR count). The molecule has 0 amide bonds. The van der Waals surface area contributed by atoms with Gasteiger partial charge in [0.15, 0.2) is 6.29 Å². The summed E-state index contributed by atoms with van der Waals surface area (Å²) in [5, 5.41) is 11.3. The van der Waals surface area contributed by atoms with Crippen molar-refractivity contribution in [3.8, 4) is 0 Å². The number of aliphatic hydroxyl groups is 1. The molecule has 27 heavy (non-hydrogen) atoms. The van der Waals surface area contributed by atoms with Gasteiger partial charge in [-0.25, -0.2) is 0 Å². The fraction of sp³-hybridized carbons (Fsp3) is 0.429. The van der Waals surface area contributed by atoms with Gasteiger partial charge in [-0.05, 0) is 11.1 Å². The van der Waals surface area contributed by atoms with Crippen molar-refractivity contribution in [2.24, 2.45) is 0 Å². The molecule has 0 radical (unpaired) electrons. The van der Waals surface area contributed by atoms with E-state index in [1.165, 1.54) is 7.11 Å². The van der Waals surface area contributed by atoms with E-state index < -0.39 is 24.6 Å². The van der Waals surface area contributed by atoms with E-state index in [0.717, 1.165) is 11.1 Å². The quantitative estimate of drug-likeness (QED) is 0.643. The van der Waals surface area contributed by atoms with Gasteiger partial charge in [0.25, 0.3) is 0 Å². The van der Waals surface area contributed by atoms with Crippen LogP contribution >= 0.6 is 15.9 Å². The molecule has 2 aromatic carbocycles. The fourth-order valence-electron chi connectivity index (χ4n) is 3.14. The maximum atomic E-state index is 10.7. The van der Waals surface area contributed by atoms with Crippen LogP contribution in [-0.2, 0) is 32.2 Å². The lowest BCUT2D eigenvalue weighted by Crippen LogP contribution is -2.60. The van der Waals surface area contributed by atoms with Crippen molar-refractivity contribution in [2.75, 3.05) is 12.4 Å². The first-order valence-corrected chi connectivity index (χ1v) is 10.1. The summed E-state index contributed by atoms with van der Waals surface area (Å²) in [5.41, 5.74) is 2.08. The van der Waals surface area contributed by atoms with Crippen molar-refractivity contribution in [2.45, 2.75) is 43.9 Å². The lowest BCUT2D eigenvalue weighted by Gasteiger charge is -2.43. The number of rotatable bonds is 8. The van der Waals surface area contributed by atoms with Crippen LogP contribution in [0, 0.1) is 0 Å². The smallest absolute Gasteiger partial charge is 0.186 e. The van der Waals surface area contributed by atoms with E-state index in [1.54, 1.807) is 0 Å². The number of alkyl halides is 1. The second kappa shape index (κ2) is 10.3. The first-order valence-electron chi connectivity index (χ1n) is 8.96. The largest absolute Gasteiger partial charge is 0.385 e. The second-order valence-electron chi connectivity index (χ2n) is 6.45. The first-order chi connectivity index (χ1) is 13.2. The Bertz CT molecular complexity index is 669. The van der Waals surface area contributed by atoms with Gasteiger partial charge < -0.3 is 24.1 Å². The van der Waals surface area contributed by atoms with Crippen LogP contribution in [0.3, 0.4) is 0 Å². The molecule has 0 bridgehead atoms. The van der Waals surface area contributed by atoms with Crippen LogP contribution in [0.15, 0.2) is 60.7 Å². The van der Waals surface area contributed by atoms with Gasteiger partial charge in [0.1, 0.15) is 18.3 Å². The number of methoxy groups -OCH3 is 1. The van der Waals surface area contributed by atoms with Crippen molar-refractivity contribution < 1.29 is 24.1 Å². The molecule has 0 unspecified atom stereocenters. The summed E-state index contributed by atoms with van der Waals surface area (Å²) in [7, 11) is 1.51. The van der Waals surface area contributed by atoms with Gasteiger partial charge >= 0.3 is 0 Å². The van der Waals surface area contributed by atoms with Crippen LogP contribution in [0.1, 0.15) is 11.1 Å². The van der Waals surface area contributed by atoms with Crippen molar-refractivity contribution >= 4 is 15.9 Å². The molecule has 0 spiro atoms. The van der Waals surface area contributed by atoms with Crippen LogP contribution in [0.2, 0.25) is 0 Å². The molecule has 0 aliphatic carbocycles. The summed E-state index contributed by atoms with van der Waals surface area (Å²) in [6.07, 6.45) is -3.02. The Morgan fingerprint density at radius 1 is 0.889 bits per heavy atom. The summed E-state index contributed by atoms with van der Waals surface area (Å²) in [6.45, 7) is 0.785. The molecule has 1 fully saturated rings. The molecule has 0 aromatic heterocycles. The predicted molar refractivity (Wildman–Crippen MR) is 106 cm³/mol. The molecule has 1 aliphatic heterocycles. The molecule has 146 valence electrons. The summed E-state index contributed by atoms with van der Waals surface area (Å²) < 4.78 is 23.4. The van der Waals surface area contributed by atoms with Gasteiger partial charge in [-0.2, -0.15) is 0 Å². The van der Waals surface area contributed by atoms with Gasteiger partial charge in [-0.3, -0.25) is 0 Å². The molecule has 0 saturated carbocycles. The van der Waals surface area contributed by atoms with Gasteiger partial charge in [0, 0.05) is 12.4 Å². The zero-order valence-electron chi connectivity index (χ0n) is 15.2. The predicted octanol–water partition coefficient (Wildman–Crippen LogP) is 3.28. The Kier molecular flexibility index (Phi) is 7.81. The number of hydrogen-bond acceptors (Lipinski definition) is 5. The SMILES string of the molecule is CO[C@H]1O[C@H](CBr)[C@@H](OCc2ccccc2)[C@H](OCc2ccccc2)[C@H]1O. The van der Waals surface area contributed by atoms with Crippen LogP contribution in [0.4, 0.5) is 0 Å². The molecule has 1 aliphatic rings. The van der Waals surface area contributed by atoms with Gasteiger partial charge in [-0.15, -0.1) is 0 Å². The molecule has 1 heterocycles.